The van der Waals surface area contributed by atoms with E-state index in [2.05, 4.69) is 191 Å². The maximum Gasteiger partial charge on any atom is 0.170 e. The van der Waals surface area contributed by atoms with Crippen LogP contribution in [0.25, 0.3) is 33.9 Å². The third-order valence-electron chi connectivity index (χ3n) is 8.43. The quantitative estimate of drug-likeness (QED) is 0.200. The van der Waals surface area contributed by atoms with Crippen LogP contribution in [0.2, 0.25) is 0 Å². The number of nitrogens with zero attached hydrogens (tertiary/aromatic N) is 3. The fourth-order valence-electron chi connectivity index (χ4n) is 6.43. The molecule has 220 valence electrons. The highest BCUT2D eigenvalue weighted by Gasteiger charge is 2.44. The lowest BCUT2D eigenvalue weighted by molar-refractivity contribution is 0.699. The van der Waals surface area contributed by atoms with Crippen LogP contribution in [0.3, 0.4) is 0 Å². The average molecular weight is 593 g/mol. The van der Waals surface area contributed by atoms with E-state index in [1.54, 1.807) is 0 Å². The van der Waals surface area contributed by atoms with Crippen LogP contribution >= 0.6 is 0 Å². The molecule has 2 heterocycles. The van der Waals surface area contributed by atoms with Crippen molar-refractivity contribution in [3.8, 4) is 22.5 Å². The summed E-state index contributed by atoms with van der Waals surface area (Å²) in [5.74, 6) is 0.852. The minimum absolute atomic E-state index is 0.324. The second kappa shape index (κ2) is 12.1. The van der Waals surface area contributed by atoms with Gasteiger partial charge in [0.2, 0.25) is 0 Å². The third-order valence-corrected chi connectivity index (χ3v) is 8.43. The van der Waals surface area contributed by atoms with Crippen molar-refractivity contribution in [3.63, 3.8) is 0 Å². The number of hydrogen-bond donors (Lipinski definition) is 1. The van der Waals surface area contributed by atoms with Gasteiger partial charge < -0.3 is 14.8 Å². The van der Waals surface area contributed by atoms with E-state index in [1.165, 1.54) is 0 Å². The van der Waals surface area contributed by atoms with Gasteiger partial charge in [0, 0.05) is 33.6 Å². The van der Waals surface area contributed by atoms with Gasteiger partial charge in [-0.2, -0.15) is 0 Å². The molecule has 6 aromatic carbocycles. The van der Waals surface area contributed by atoms with Crippen molar-refractivity contribution in [1.29, 1.82) is 0 Å². The molecule has 1 N–H and O–H groups in total. The van der Waals surface area contributed by atoms with Gasteiger partial charge in [-0.3, -0.25) is 0 Å². The Kier molecular flexibility index (Phi) is 7.21. The van der Waals surface area contributed by atoms with Crippen LogP contribution < -0.4 is 9.80 Å². The molecule has 0 unspecified atom stereocenters. The van der Waals surface area contributed by atoms with Crippen LogP contribution in [0, 0.1) is 0 Å². The van der Waals surface area contributed by atoms with Crippen molar-refractivity contribution in [2.75, 3.05) is 9.80 Å². The van der Waals surface area contributed by atoms with E-state index < -0.39 is 0 Å². The van der Waals surface area contributed by atoms with Crippen molar-refractivity contribution in [3.05, 3.63) is 199 Å². The number of rotatable bonds is 7. The predicted octanol–water partition coefficient (Wildman–Crippen LogP) is 10.3. The van der Waals surface area contributed by atoms with Crippen LogP contribution in [-0.2, 0) is 0 Å². The Morgan fingerprint density at radius 1 is 0.391 bits per heavy atom. The summed E-state index contributed by atoms with van der Waals surface area (Å²) in [7, 11) is 0. The lowest BCUT2D eigenvalue weighted by Crippen LogP contribution is -2.33. The zero-order valence-corrected chi connectivity index (χ0v) is 25.2. The number of nitrogens with one attached hydrogen (secondary N) is 1. The molecule has 7 aromatic rings. The molecule has 0 radical (unpaired) electrons. The van der Waals surface area contributed by atoms with Crippen LogP contribution in [0.4, 0.5) is 11.4 Å². The molecule has 4 heteroatoms. The van der Waals surface area contributed by atoms with Crippen LogP contribution in [0.15, 0.2) is 182 Å². The Labute approximate surface area is 269 Å². The molecule has 4 nitrogen and oxygen atoms in total. The van der Waals surface area contributed by atoms with Gasteiger partial charge in [-0.05, 0) is 24.3 Å². The minimum atomic E-state index is -0.324. The second-order valence-corrected chi connectivity index (χ2v) is 11.3. The molecule has 0 fully saturated rings. The standard InChI is InChI=1S/C42H32N4/c1-7-19-31(20-8-1)37-38(32-21-9-2-10-22-32)44-41(43-37)42-45(35-27-15-5-16-28-35)39(33-23-11-3-12-24-33)40(34-25-13-4-14-26-34)46(42)36-29-17-6-18-30-36/h1-30,42H,(H,43,44). The first-order valence-corrected chi connectivity index (χ1v) is 15.6. The number of H-pyrrole nitrogens is 1. The molecular weight excluding hydrogens is 560 g/mol. The number of para-hydroxylation sites is 2. The summed E-state index contributed by atoms with van der Waals surface area (Å²) in [5.41, 5.74) is 10.7. The smallest absolute Gasteiger partial charge is 0.170 e. The molecule has 0 saturated carbocycles. The maximum atomic E-state index is 5.48. The highest BCUT2D eigenvalue weighted by Crippen LogP contribution is 2.52. The van der Waals surface area contributed by atoms with Gasteiger partial charge >= 0.3 is 0 Å². The monoisotopic (exact) mass is 592 g/mol. The molecule has 0 bridgehead atoms. The predicted molar refractivity (Wildman–Crippen MR) is 190 cm³/mol. The summed E-state index contributed by atoms with van der Waals surface area (Å²) >= 11 is 0. The number of aromatic nitrogens is 2. The van der Waals surface area contributed by atoms with E-state index >= 15 is 0 Å². The number of anilines is 2. The molecule has 1 aliphatic rings. The molecule has 0 aliphatic carbocycles. The van der Waals surface area contributed by atoms with Crippen LogP contribution in [0.1, 0.15) is 23.1 Å². The van der Waals surface area contributed by atoms with E-state index in [9.17, 15) is 0 Å². The topological polar surface area (TPSA) is 35.2 Å². The summed E-state index contributed by atoms with van der Waals surface area (Å²) in [5, 5.41) is 0. The molecule has 1 aliphatic heterocycles. The van der Waals surface area contributed by atoms with E-state index in [0.29, 0.717) is 0 Å². The average Bonchev–Trinajstić information content (AvgIpc) is 3.74. The summed E-state index contributed by atoms with van der Waals surface area (Å²) in [6.07, 6.45) is -0.324. The zero-order chi connectivity index (χ0) is 30.7. The van der Waals surface area contributed by atoms with Gasteiger partial charge in [-0.15, -0.1) is 0 Å². The molecular formula is C42H32N4. The number of benzene rings is 6. The zero-order valence-electron chi connectivity index (χ0n) is 25.2. The maximum absolute atomic E-state index is 5.48. The van der Waals surface area contributed by atoms with Crippen molar-refractivity contribution >= 4 is 22.8 Å². The van der Waals surface area contributed by atoms with E-state index in [0.717, 1.165) is 62.2 Å². The van der Waals surface area contributed by atoms with Crippen LogP contribution in [-0.4, -0.2) is 9.97 Å². The van der Waals surface area contributed by atoms with E-state index in [4.69, 9.17) is 4.98 Å². The first kappa shape index (κ1) is 27.4. The van der Waals surface area contributed by atoms with Gasteiger partial charge in [-0.1, -0.05) is 158 Å². The van der Waals surface area contributed by atoms with E-state index in [-0.39, 0.29) is 6.17 Å². The SMILES string of the molecule is c1ccc(C2=C(c3ccccc3)N(c3ccccc3)C(c3nc(-c4ccccc4)c(-c4ccccc4)[nH]3)N2c2ccccc2)cc1. The molecule has 46 heavy (non-hydrogen) atoms. The number of aromatic amines is 1. The van der Waals surface area contributed by atoms with Crippen molar-refractivity contribution in [1.82, 2.24) is 9.97 Å². The summed E-state index contributed by atoms with van der Waals surface area (Å²) in [4.78, 5) is 14.2. The normalized spacial score (nSPS) is 13.4. The Hall–Kier alpha value is -6.13. The number of imidazole rings is 1. The highest BCUT2D eigenvalue weighted by molar-refractivity contribution is 6.06. The fraction of sp³-hybridized carbons (Fsp3) is 0.0238. The van der Waals surface area contributed by atoms with Crippen molar-refractivity contribution < 1.29 is 0 Å². The van der Waals surface area contributed by atoms with Crippen molar-refractivity contribution in [2.45, 2.75) is 6.17 Å². The van der Waals surface area contributed by atoms with Crippen LogP contribution in [0.5, 0.6) is 0 Å². The fourth-order valence-corrected chi connectivity index (χ4v) is 6.43. The lowest BCUT2D eigenvalue weighted by Gasteiger charge is -2.34. The Balaban J connectivity index is 1.45. The van der Waals surface area contributed by atoms with Crippen molar-refractivity contribution in [2.24, 2.45) is 0 Å². The Morgan fingerprint density at radius 3 is 1.15 bits per heavy atom. The third kappa shape index (κ3) is 4.96. The molecule has 0 spiro atoms. The molecule has 0 amide bonds. The molecule has 0 atom stereocenters. The lowest BCUT2D eigenvalue weighted by atomic mass is 10.0. The van der Waals surface area contributed by atoms with Gasteiger partial charge in [0.05, 0.1) is 22.8 Å². The summed E-state index contributed by atoms with van der Waals surface area (Å²) in [6.45, 7) is 0. The molecule has 0 saturated heterocycles. The van der Waals surface area contributed by atoms with Gasteiger partial charge in [0.15, 0.2) is 12.0 Å². The van der Waals surface area contributed by atoms with E-state index in [1.807, 2.05) is 6.07 Å². The summed E-state index contributed by atoms with van der Waals surface area (Å²) in [6, 6.07) is 63.7. The van der Waals surface area contributed by atoms with Gasteiger partial charge in [0.25, 0.3) is 0 Å². The summed E-state index contributed by atoms with van der Waals surface area (Å²) < 4.78 is 0. The largest absolute Gasteiger partial charge is 0.338 e. The second-order valence-electron chi connectivity index (χ2n) is 11.3. The Morgan fingerprint density at radius 2 is 0.739 bits per heavy atom. The molecule has 8 rings (SSSR count). The minimum Gasteiger partial charge on any atom is -0.338 e. The number of hydrogen-bond acceptors (Lipinski definition) is 3. The molecule has 1 aromatic heterocycles. The van der Waals surface area contributed by atoms with Gasteiger partial charge in [0.1, 0.15) is 0 Å². The highest BCUT2D eigenvalue weighted by atomic mass is 15.4. The first-order valence-electron chi connectivity index (χ1n) is 15.6. The first-order chi connectivity index (χ1) is 22.9. The Bertz CT molecular complexity index is 1920. The van der Waals surface area contributed by atoms with Gasteiger partial charge in [-0.25, -0.2) is 4.98 Å².